The second kappa shape index (κ2) is 8.92. The van der Waals surface area contributed by atoms with E-state index in [1.807, 2.05) is 5.32 Å². The monoisotopic (exact) mass is 274 g/mol. The summed E-state index contributed by atoms with van der Waals surface area (Å²) in [6.45, 7) is 6.22. The molecule has 0 saturated heterocycles. The number of aliphatic carboxylic acids is 2. The van der Waals surface area contributed by atoms with E-state index in [-0.39, 0.29) is 13.2 Å². The molecule has 0 spiro atoms. The van der Waals surface area contributed by atoms with Crippen molar-refractivity contribution in [2.75, 3.05) is 19.8 Å². The van der Waals surface area contributed by atoms with Crippen LogP contribution in [0.3, 0.4) is 0 Å². The number of amides is 2. The van der Waals surface area contributed by atoms with Gasteiger partial charge in [-0.15, -0.1) is 0 Å². The summed E-state index contributed by atoms with van der Waals surface area (Å²) in [5.41, 5.74) is 0.844. The highest BCUT2D eigenvalue weighted by molar-refractivity contribution is 5.86. The molecule has 108 valence electrons. The fourth-order valence-electron chi connectivity index (χ4n) is 1.07. The summed E-state index contributed by atoms with van der Waals surface area (Å²) in [6.07, 6.45) is -0.686. The van der Waals surface area contributed by atoms with Gasteiger partial charge in [-0.1, -0.05) is 12.2 Å². The second-order valence-electron chi connectivity index (χ2n) is 3.90. The Morgan fingerprint density at radius 2 is 1.95 bits per heavy atom. The Morgan fingerprint density at radius 3 is 2.42 bits per heavy atom. The molecule has 0 rings (SSSR count). The third-order valence-corrected chi connectivity index (χ3v) is 1.86. The zero-order chi connectivity index (χ0) is 14.8. The largest absolute Gasteiger partial charge is 0.481 e. The summed E-state index contributed by atoms with van der Waals surface area (Å²) in [4.78, 5) is 32.4. The Labute approximate surface area is 110 Å². The second-order valence-corrected chi connectivity index (χ2v) is 3.90. The Hall–Kier alpha value is -2.09. The van der Waals surface area contributed by atoms with Crippen LogP contribution in [0, 0.1) is 0 Å². The van der Waals surface area contributed by atoms with E-state index in [4.69, 9.17) is 14.9 Å². The molecule has 8 heteroatoms. The molecule has 0 aliphatic carbocycles. The minimum Gasteiger partial charge on any atom is -0.481 e. The first-order valence-corrected chi connectivity index (χ1v) is 5.54. The fraction of sp³-hybridized carbons (Fsp3) is 0.545. The molecule has 0 fully saturated rings. The number of hydrogen-bond donors (Lipinski definition) is 4. The van der Waals surface area contributed by atoms with Gasteiger partial charge < -0.3 is 25.6 Å². The van der Waals surface area contributed by atoms with Crippen LogP contribution in [0.25, 0.3) is 0 Å². The number of carbonyl (C=O) groups is 3. The molecule has 0 aliphatic heterocycles. The van der Waals surface area contributed by atoms with Gasteiger partial charge in [0.1, 0.15) is 6.04 Å². The lowest BCUT2D eigenvalue weighted by Gasteiger charge is -2.13. The van der Waals surface area contributed by atoms with E-state index < -0.39 is 30.4 Å². The maximum atomic E-state index is 11.3. The molecule has 4 N–H and O–H groups in total. The van der Waals surface area contributed by atoms with E-state index in [0.29, 0.717) is 6.61 Å². The highest BCUT2D eigenvalue weighted by atomic mass is 16.5. The van der Waals surface area contributed by atoms with E-state index >= 15 is 0 Å². The van der Waals surface area contributed by atoms with Crippen LogP contribution >= 0.6 is 0 Å². The molecule has 0 aromatic heterocycles. The number of ether oxygens (including phenoxy) is 1. The first-order chi connectivity index (χ1) is 8.82. The fourth-order valence-corrected chi connectivity index (χ4v) is 1.07. The van der Waals surface area contributed by atoms with Gasteiger partial charge >= 0.3 is 18.0 Å². The number of urea groups is 1. The van der Waals surface area contributed by atoms with Gasteiger partial charge in [0.25, 0.3) is 0 Å². The van der Waals surface area contributed by atoms with Crippen molar-refractivity contribution in [3.05, 3.63) is 12.2 Å². The van der Waals surface area contributed by atoms with Gasteiger partial charge in [0.2, 0.25) is 0 Å². The number of carboxylic acid groups (broad SMARTS) is 2. The Bertz CT molecular complexity index is 355. The normalized spacial score (nSPS) is 11.4. The van der Waals surface area contributed by atoms with Crippen molar-refractivity contribution in [3.8, 4) is 0 Å². The topological polar surface area (TPSA) is 125 Å². The highest BCUT2D eigenvalue weighted by Gasteiger charge is 2.22. The van der Waals surface area contributed by atoms with Crippen LogP contribution < -0.4 is 10.6 Å². The molecule has 0 heterocycles. The van der Waals surface area contributed by atoms with Gasteiger partial charge in [-0.3, -0.25) is 4.79 Å². The molecule has 0 radical (unpaired) electrons. The molecule has 0 bridgehead atoms. The predicted molar refractivity (Wildman–Crippen MR) is 65.8 cm³/mol. The molecule has 0 aromatic carbocycles. The van der Waals surface area contributed by atoms with Crippen LogP contribution in [0.4, 0.5) is 4.79 Å². The average molecular weight is 274 g/mol. The van der Waals surface area contributed by atoms with Crippen LogP contribution in [0.1, 0.15) is 13.3 Å². The lowest BCUT2D eigenvalue weighted by atomic mass is 10.2. The van der Waals surface area contributed by atoms with E-state index in [1.165, 1.54) is 0 Å². The molecule has 1 atom stereocenters. The van der Waals surface area contributed by atoms with E-state index in [2.05, 4.69) is 11.9 Å². The number of nitrogens with one attached hydrogen (secondary N) is 2. The third-order valence-electron chi connectivity index (χ3n) is 1.86. The minimum atomic E-state index is -1.46. The average Bonchev–Trinajstić information content (AvgIpc) is 2.26. The first-order valence-electron chi connectivity index (χ1n) is 5.54. The zero-order valence-electron chi connectivity index (χ0n) is 10.6. The smallest absolute Gasteiger partial charge is 0.326 e. The number of hydrogen-bond acceptors (Lipinski definition) is 4. The van der Waals surface area contributed by atoms with Crippen LogP contribution in [0.5, 0.6) is 0 Å². The molecule has 2 amide bonds. The van der Waals surface area contributed by atoms with Crippen LogP contribution in [0.15, 0.2) is 12.2 Å². The number of rotatable bonds is 9. The predicted octanol–water partition coefficient (Wildman–Crippen LogP) is -0.194. The molecule has 1 unspecified atom stereocenters. The summed E-state index contributed by atoms with van der Waals surface area (Å²) >= 11 is 0. The third kappa shape index (κ3) is 9.60. The van der Waals surface area contributed by atoms with Crippen LogP contribution in [0.2, 0.25) is 0 Å². The van der Waals surface area contributed by atoms with Crippen molar-refractivity contribution in [3.63, 3.8) is 0 Å². The summed E-state index contributed by atoms with van der Waals surface area (Å²) in [6, 6.07) is -2.22. The van der Waals surface area contributed by atoms with E-state index in [1.54, 1.807) is 6.92 Å². The van der Waals surface area contributed by atoms with Crippen molar-refractivity contribution in [2.24, 2.45) is 0 Å². The van der Waals surface area contributed by atoms with Gasteiger partial charge in [0, 0.05) is 6.54 Å². The van der Waals surface area contributed by atoms with Gasteiger partial charge in [-0.25, -0.2) is 9.59 Å². The Balaban J connectivity index is 3.90. The van der Waals surface area contributed by atoms with Gasteiger partial charge in [-0.2, -0.15) is 0 Å². The van der Waals surface area contributed by atoms with Crippen molar-refractivity contribution in [2.45, 2.75) is 19.4 Å². The molecule has 8 nitrogen and oxygen atoms in total. The molecule has 19 heavy (non-hydrogen) atoms. The lowest BCUT2D eigenvalue weighted by molar-refractivity contribution is -0.145. The van der Waals surface area contributed by atoms with Gasteiger partial charge in [-0.05, 0) is 6.92 Å². The highest BCUT2D eigenvalue weighted by Crippen LogP contribution is 1.92. The van der Waals surface area contributed by atoms with Crippen LogP contribution in [-0.4, -0.2) is 54.0 Å². The maximum Gasteiger partial charge on any atom is 0.326 e. The molecule has 0 aromatic rings. The lowest BCUT2D eigenvalue weighted by Crippen LogP contribution is -2.47. The van der Waals surface area contributed by atoms with Crippen molar-refractivity contribution >= 4 is 18.0 Å². The molecular weight excluding hydrogens is 256 g/mol. The molecular formula is C11H18N2O6. The van der Waals surface area contributed by atoms with Gasteiger partial charge in [0.15, 0.2) is 0 Å². The first kappa shape index (κ1) is 16.9. The van der Waals surface area contributed by atoms with Crippen molar-refractivity contribution in [1.29, 1.82) is 0 Å². The standard InChI is InChI=1S/C11H18N2O6/c1-7(2)6-19-4-3-12-11(18)13-8(10(16)17)5-9(14)15/h8H,1,3-6H2,2H3,(H,14,15)(H,16,17)(H2,12,13,18). The van der Waals surface area contributed by atoms with Gasteiger partial charge in [0.05, 0.1) is 19.6 Å². The van der Waals surface area contributed by atoms with Crippen molar-refractivity contribution in [1.82, 2.24) is 10.6 Å². The summed E-state index contributed by atoms with van der Waals surface area (Å²) in [5, 5.41) is 21.6. The summed E-state index contributed by atoms with van der Waals surface area (Å²) in [7, 11) is 0. The Morgan fingerprint density at radius 1 is 1.32 bits per heavy atom. The molecule has 0 saturated carbocycles. The number of carboxylic acids is 2. The van der Waals surface area contributed by atoms with E-state index in [0.717, 1.165) is 5.57 Å². The Kier molecular flexibility index (Phi) is 7.94. The SMILES string of the molecule is C=C(C)COCCNC(=O)NC(CC(=O)O)C(=O)O. The zero-order valence-corrected chi connectivity index (χ0v) is 10.6. The van der Waals surface area contributed by atoms with E-state index in [9.17, 15) is 14.4 Å². The number of carbonyl (C=O) groups excluding carboxylic acids is 1. The molecule has 0 aliphatic rings. The van der Waals surface area contributed by atoms with Crippen LogP contribution in [-0.2, 0) is 14.3 Å². The maximum absolute atomic E-state index is 11.3. The summed E-state index contributed by atoms with van der Waals surface area (Å²) < 4.78 is 5.11. The summed E-state index contributed by atoms with van der Waals surface area (Å²) in [5.74, 6) is -2.71. The van der Waals surface area contributed by atoms with Crippen molar-refractivity contribution < 1.29 is 29.3 Å². The quantitative estimate of drug-likeness (QED) is 0.341. The minimum absolute atomic E-state index is 0.179.